The zero-order chi connectivity index (χ0) is 5.15. The van der Waals surface area contributed by atoms with Gasteiger partial charge < -0.3 is 0 Å². The van der Waals surface area contributed by atoms with Crippen molar-refractivity contribution in [1.82, 2.24) is 0 Å². The minimum atomic E-state index is -0.181. The Morgan fingerprint density at radius 3 is 1.17 bits per heavy atom. The van der Waals surface area contributed by atoms with E-state index >= 15 is 0 Å². The zero-order valence-corrected chi connectivity index (χ0v) is 7.35. The smallest absolute Gasteiger partial charge is 0.186 e. The lowest BCUT2D eigenvalue weighted by molar-refractivity contribution is 4.01. The van der Waals surface area contributed by atoms with E-state index in [1.807, 2.05) is 0 Å². The number of hydrogen-bond acceptors (Lipinski definition) is 0. The van der Waals surface area contributed by atoms with E-state index in [4.69, 9.17) is 22.9 Å². The SMILES string of the molecule is ClB(Br)B(Cl)Br. The minimum absolute atomic E-state index is 0.181. The zero-order valence-electron chi connectivity index (χ0n) is 2.67. The van der Waals surface area contributed by atoms with Crippen LogP contribution in [0.4, 0.5) is 0 Å². The third kappa shape index (κ3) is 3.85. The fourth-order valence-electron chi connectivity index (χ4n) is 0. The Kier molecular flexibility index (Phi) is 4.66. The molecule has 6 heavy (non-hydrogen) atoms. The lowest BCUT2D eigenvalue weighted by Crippen LogP contribution is -2.08. The Balaban J connectivity index is 2.99. The quantitative estimate of drug-likeness (QED) is 0.628. The van der Waals surface area contributed by atoms with Gasteiger partial charge in [-0.3, -0.25) is 0 Å². The van der Waals surface area contributed by atoms with Crippen molar-refractivity contribution in [3.05, 3.63) is 0 Å². The van der Waals surface area contributed by atoms with Crippen LogP contribution < -0.4 is 0 Å². The second-order valence-corrected chi connectivity index (χ2v) is 4.64. The van der Waals surface area contributed by atoms with Crippen LogP contribution in [-0.4, -0.2) is 9.69 Å². The largest absolute Gasteiger partial charge is 0.326 e. The molecule has 0 atom stereocenters. The van der Waals surface area contributed by atoms with Crippen molar-refractivity contribution in [1.29, 1.82) is 0 Å². The van der Waals surface area contributed by atoms with E-state index in [-0.39, 0.29) is 9.69 Å². The predicted molar refractivity (Wildman–Crippen MR) is 41.1 cm³/mol. The summed E-state index contributed by atoms with van der Waals surface area (Å²) >= 11 is 16.8. The molecule has 0 saturated heterocycles. The van der Waals surface area contributed by atoms with Crippen LogP contribution in [-0.2, 0) is 0 Å². The predicted octanol–water partition coefficient (Wildman–Crippen LogP) is 2.31. The molecular weight excluding hydrogens is 252 g/mol. The normalized spacial score (nSPS) is 8.00. The summed E-state index contributed by atoms with van der Waals surface area (Å²) in [6, 6.07) is 0. The third-order valence-electron chi connectivity index (χ3n) is 0.190. The molecule has 0 radical (unpaired) electrons. The maximum Gasteiger partial charge on any atom is 0.326 e. The van der Waals surface area contributed by atoms with Crippen molar-refractivity contribution in [2.75, 3.05) is 0 Å². The van der Waals surface area contributed by atoms with Crippen LogP contribution >= 0.6 is 54.4 Å². The maximum atomic E-state index is 5.35. The maximum absolute atomic E-state index is 5.35. The standard InChI is InChI=1S/B2Br2Cl2/c3-1(5)2(4)6. The summed E-state index contributed by atoms with van der Waals surface area (Å²) in [6.07, 6.45) is 0. The molecule has 0 amide bonds. The molecule has 0 heterocycles. The Morgan fingerprint density at radius 2 is 1.17 bits per heavy atom. The van der Waals surface area contributed by atoms with Gasteiger partial charge in [-0.1, -0.05) is 0 Å². The molecule has 0 nitrogen and oxygen atoms in total. The van der Waals surface area contributed by atoms with E-state index < -0.39 is 0 Å². The number of rotatable bonds is 1. The molecule has 0 aromatic rings. The molecule has 0 aliphatic rings. The van der Waals surface area contributed by atoms with Gasteiger partial charge in [0.25, 0.3) is 0 Å². The van der Waals surface area contributed by atoms with Crippen LogP contribution in [0.2, 0.25) is 0 Å². The summed E-state index contributed by atoms with van der Waals surface area (Å²) in [6.45, 7) is 0. The van der Waals surface area contributed by atoms with Gasteiger partial charge in [0.1, 0.15) is 0 Å². The lowest BCUT2D eigenvalue weighted by Gasteiger charge is -1.85. The van der Waals surface area contributed by atoms with Gasteiger partial charge in [0.2, 0.25) is 0 Å². The van der Waals surface area contributed by atoms with Gasteiger partial charge in [0.05, 0.1) is 0 Å². The molecule has 6 heteroatoms. The van der Waals surface area contributed by atoms with Crippen molar-refractivity contribution in [3.8, 4) is 0 Å². The van der Waals surface area contributed by atoms with Gasteiger partial charge in [-0.05, 0) is 0 Å². The van der Waals surface area contributed by atoms with E-state index in [2.05, 4.69) is 31.5 Å². The summed E-state index contributed by atoms with van der Waals surface area (Å²) < 4.78 is 0. The molecule has 0 spiro atoms. The Morgan fingerprint density at radius 1 is 1.00 bits per heavy atom. The highest BCUT2D eigenvalue weighted by atomic mass is 79.9. The van der Waals surface area contributed by atoms with Gasteiger partial charge >= 0.3 is 9.69 Å². The van der Waals surface area contributed by atoms with E-state index in [0.717, 1.165) is 0 Å². The summed E-state index contributed by atoms with van der Waals surface area (Å²) in [5.74, 6) is 0. The molecule has 0 N–H and O–H groups in total. The monoisotopic (exact) mass is 250 g/mol. The highest BCUT2D eigenvalue weighted by Gasteiger charge is 2.18. The van der Waals surface area contributed by atoms with Crippen LogP contribution in [0.1, 0.15) is 0 Å². The average molecular weight is 252 g/mol. The fourth-order valence-corrected chi connectivity index (χ4v) is 0. The van der Waals surface area contributed by atoms with Gasteiger partial charge in [0.15, 0.2) is 0 Å². The molecular formula is B2Br2Cl2. The summed E-state index contributed by atoms with van der Waals surface area (Å²) in [5, 5.41) is 0. The Labute approximate surface area is 63.9 Å². The summed E-state index contributed by atoms with van der Waals surface area (Å²) in [4.78, 5) is -0.363. The van der Waals surface area contributed by atoms with Crippen molar-refractivity contribution in [2.24, 2.45) is 0 Å². The van der Waals surface area contributed by atoms with Gasteiger partial charge in [-0.15, -0.1) is 31.5 Å². The lowest BCUT2D eigenvalue weighted by atomic mass is 9.76. The molecule has 0 saturated carbocycles. The number of halogens is 4. The molecule has 0 aliphatic heterocycles. The first-order valence-electron chi connectivity index (χ1n) is 1.21. The molecule has 0 bridgehead atoms. The number of hydrogen-bond donors (Lipinski definition) is 0. The molecule has 34 valence electrons. The first-order chi connectivity index (χ1) is 2.64. The fraction of sp³-hybridized carbons (Fsp3) is 0. The first-order valence-corrected chi connectivity index (χ1v) is 3.91. The highest BCUT2D eigenvalue weighted by Crippen LogP contribution is 2.11. The second-order valence-electron chi connectivity index (χ2n) is 0.669. The summed E-state index contributed by atoms with van der Waals surface area (Å²) in [7, 11) is 0. The summed E-state index contributed by atoms with van der Waals surface area (Å²) in [5.41, 5.74) is 0. The van der Waals surface area contributed by atoms with Crippen molar-refractivity contribution >= 4 is 64.1 Å². The molecule has 0 unspecified atom stereocenters. The van der Waals surface area contributed by atoms with Crippen LogP contribution in [0.25, 0.3) is 0 Å². The Bertz CT molecular complexity index is 30.5. The molecule has 0 aliphatic carbocycles. The van der Waals surface area contributed by atoms with Crippen molar-refractivity contribution < 1.29 is 0 Å². The molecule has 0 aromatic heterocycles. The van der Waals surface area contributed by atoms with E-state index in [1.54, 1.807) is 0 Å². The van der Waals surface area contributed by atoms with Crippen LogP contribution in [0.5, 0.6) is 0 Å². The van der Waals surface area contributed by atoms with Crippen LogP contribution in [0, 0.1) is 0 Å². The third-order valence-corrected chi connectivity index (χ3v) is 3.20. The van der Waals surface area contributed by atoms with Gasteiger partial charge in [0, 0.05) is 0 Å². The molecule has 0 fully saturated rings. The van der Waals surface area contributed by atoms with Gasteiger partial charge in [-0.25, -0.2) is 0 Å². The van der Waals surface area contributed by atoms with E-state index in [1.165, 1.54) is 0 Å². The average Bonchev–Trinajstić information content (AvgIpc) is 1.36. The Hall–Kier alpha value is 1.67. The van der Waals surface area contributed by atoms with Crippen molar-refractivity contribution in [3.63, 3.8) is 0 Å². The van der Waals surface area contributed by atoms with Crippen LogP contribution in [0.15, 0.2) is 0 Å². The second kappa shape index (κ2) is 3.64. The molecule has 0 aromatic carbocycles. The minimum Gasteiger partial charge on any atom is -0.186 e. The van der Waals surface area contributed by atoms with Crippen LogP contribution in [0.3, 0.4) is 0 Å². The van der Waals surface area contributed by atoms with Crippen molar-refractivity contribution in [2.45, 2.75) is 0 Å². The highest BCUT2D eigenvalue weighted by molar-refractivity contribution is 9.36. The molecule has 0 rings (SSSR count). The van der Waals surface area contributed by atoms with Gasteiger partial charge in [-0.2, -0.15) is 22.9 Å². The van der Waals surface area contributed by atoms with E-state index in [9.17, 15) is 0 Å². The van der Waals surface area contributed by atoms with E-state index in [0.29, 0.717) is 0 Å². The topological polar surface area (TPSA) is 0 Å². The first kappa shape index (κ1) is 7.67.